The SMILES string of the molecule is CC(C)(C)OC(=O)N1CCc2c1ccc(-c1cn(C3CC3)c3ncnc(N)c13)c2Cl. The molecule has 1 amide bonds. The molecular weight excluding hydrogens is 402 g/mol. The number of nitrogen functional groups attached to an aromatic ring is 1. The van der Waals surface area contributed by atoms with Crippen LogP contribution in [0.25, 0.3) is 22.2 Å². The molecule has 0 unspecified atom stereocenters. The van der Waals surface area contributed by atoms with Crippen molar-refractivity contribution in [3.63, 3.8) is 0 Å². The average molecular weight is 426 g/mol. The number of benzene rings is 1. The molecule has 0 atom stereocenters. The molecule has 0 saturated heterocycles. The van der Waals surface area contributed by atoms with Crippen LogP contribution in [0.3, 0.4) is 0 Å². The zero-order valence-corrected chi connectivity index (χ0v) is 18.0. The van der Waals surface area contributed by atoms with E-state index in [2.05, 4.69) is 20.7 Å². The van der Waals surface area contributed by atoms with E-state index in [4.69, 9.17) is 22.1 Å². The summed E-state index contributed by atoms with van der Waals surface area (Å²) in [6.07, 6.45) is 6.18. The van der Waals surface area contributed by atoms with Crippen LogP contribution in [-0.2, 0) is 11.2 Å². The first-order chi connectivity index (χ1) is 14.2. The maximum absolute atomic E-state index is 12.6. The van der Waals surface area contributed by atoms with E-state index < -0.39 is 5.60 Å². The van der Waals surface area contributed by atoms with Crippen LogP contribution in [0.4, 0.5) is 16.3 Å². The first kappa shape index (κ1) is 19.2. The largest absolute Gasteiger partial charge is 0.443 e. The van der Waals surface area contributed by atoms with Crippen molar-refractivity contribution in [3.8, 4) is 11.1 Å². The topological polar surface area (TPSA) is 86.3 Å². The zero-order chi connectivity index (χ0) is 21.2. The fraction of sp³-hybridized carbons (Fsp3) is 0.409. The number of nitrogens with two attached hydrogens (primary N) is 1. The Balaban J connectivity index is 1.60. The van der Waals surface area contributed by atoms with Crippen molar-refractivity contribution in [2.24, 2.45) is 0 Å². The van der Waals surface area contributed by atoms with Gasteiger partial charge in [-0.1, -0.05) is 17.7 Å². The summed E-state index contributed by atoms with van der Waals surface area (Å²) in [5, 5.41) is 1.46. The fourth-order valence-electron chi connectivity index (χ4n) is 4.10. The number of hydrogen-bond acceptors (Lipinski definition) is 5. The summed E-state index contributed by atoms with van der Waals surface area (Å²) in [7, 11) is 0. The summed E-state index contributed by atoms with van der Waals surface area (Å²) in [4.78, 5) is 23.0. The first-order valence-corrected chi connectivity index (χ1v) is 10.6. The summed E-state index contributed by atoms with van der Waals surface area (Å²) in [5.41, 5.74) is 10.1. The summed E-state index contributed by atoms with van der Waals surface area (Å²) in [6, 6.07) is 4.34. The summed E-state index contributed by atoms with van der Waals surface area (Å²) in [6.45, 7) is 6.13. The Morgan fingerprint density at radius 3 is 2.70 bits per heavy atom. The van der Waals surface area contributed by atoms with Crippen molar-refractivity contribution in [2.75, 3.05) is 17.2 Å². The lowest BCUT2D eigenvalue weighted by Gasteiger charge is -2.25. The maximum Gasteiger partial charge on any atom is 0.414 e. The molecule has 3 heterocycles. The van der Waals surface area contributed by atoms with E-state index in [1.54, 1.807) is 4.90 Å². The Morgan fingerprint density at radius 1 is 1.23 bits per heavy atom. The number of ether oxygens (including phenoxy) is 1. The molecule has 2 aromatic heterocycles. The molecule has 156 valence electrons. The van der Waals surface area contributed by atoms with Gasteiger partial charge in [0.25, 0.3) is 0 Å². The van der Waals surface area contributed by atoms with E-state index >= 15 is 0 Å². The monoisotopic (exact) mass is 425 g/mol. The highest BCUT2D eigenvalue weighted by molar-refractivity contribution is 6.35. The van der Waals surface area contributed by atoms with Gasteiger partial charge in [-0.2, -0.15) is 0 Å². The van der Waals surface area contributed by atoms with Crippen molar-refractivity contribution >= 4 is 40.2 Å². The van der Waals surface area contributed by atoms with Gasteiger partial charge in [-0.15, -0.1) is 0 Å². The molecule has 2 aliphatic rings. The minimum Gasteiger partial charge on any atom is -0.443 e. The Hall–Kier alpha value is -2.80. The molecule has 2 N–H and O–H groups in total. The average Bonchev–Trinajstić information content (AvgIpc) is 3.28. The molecule has 7 nitrogen and oxygen atoms in total. The van der Waals surface area contributed by atoms with Gasteiger partial charge in [-0.3, -0.25) is 4.90 Å². The number of rotatable bonds is 2. The first-order valence-electron chi connectivity index (χ1n) is 10.2. The lowest BCUT2D eigenvalue weighted by atomic mass is 10.0. The van der Waals surface area contributed by atoms with Gasteiger partial charge in [0.15, 0.2) is 0 Å². The summed E-state index contributed by atoms with van der Waals surface area (Å²) in [5.74, 6) is 0.446. The Bertz CT molecular complexity index is 1180. The van der Waals surface area contributed by atoms with Gasteiger partial charge in [0.1, 0.15) is 23.4 Å². The number of aromatic nitrogens is 3. The third-order valence-corrected chi connectivity index (χ3v) is 6.01. The van der Waals surface area contributed by atoms with Gasteiger partial charge in [0, 0.05) is 29.9 Å². The van der Waals surface area contributed by atoms with Crippen LogP contribution in [0.5, 0.6) is 0 Å². The standard InChI is InChI=1S/C22H24ClN5O2/c1-22(2,3)30-21(29)27-9-8-14-16(27)7-6-13(18(14)23)15-10-28(12-4-5-12)20-17(15)19(24)25-11-26-20/h6-7,10-12H,4-5,8-9H2,1-3H3,(H2,24,25,26). The molecule has 30 heavy (non-hydrogen) atoms. The lowest BCUT2D eigenvalue weighted by Crippen LogP contribution is -2.35. The van der Waals surface area contributed by atoms with Crippen molar-refractivity contribution in [1.82, 2.24) is 14.5 Å². The number of fused-ring (bicyclic) bond motifs is 2. The van der Waals surface area contributed by atoms with E-state index in [9.17, 15) is 4.79 Å². The van der Waals surface area contributed by atoms with E-state index in [1.165, 1.54) is 6.33 Å². The minimum absolute atomic E-state index is 0.354. The fourth-order valence-corrected chi connectivity index (χ4v) is 4.46. The highest BCUT2D eigenvalue weighted by Crippen LogP contribution is 2.46. The van der Waals surface area contributed by atoms with Crippen LogP contribution in [0.15, 0.2) is 24.7 Å². The highest BCUT2D eigenvalue weighted by atomic mass is 35.5. The molecule has 1 aromatic carbocycles. The number of carbonyl (C=O) groups is 1. The van der Waals surface area contributed by atoms with Crippen LogP contribution in [0, 0.1) is 0 Å². The predicted octanol–water partition coefficient (Wildman–Crippen LogP) is 4.97. The molecule has 1 fully saturated rings. The molecule has 8 heteroatoms. The quantitative estimate of drug-likeness (QED) is 0.626. The molecule has 1 saturated carbocycles. The lowest BCUT2D eigenvalue weighted by molar-refractivity contribution is 0.0584. The second-order valence-corrected chi connectivity index (χ2v) is 9.32. The predicted molar refractivity (Wildman–Crippen MR) is 118 cm³/mol. The maximum atomic E-state index is 12.6. The number of carbonyl (C=O) groups excluding carboxylic acids is 1. The second kappa shape index (κ2) is 6.60. The highest BCUT2D eigenvalue weighted by Gasteiger charge is 2.32. The van der Waals surface area contributed by atoms with Crippen molar-refractivity contribution in [1.29, 1.82) is 0 Å². The van der Waals surface area contributed by atoms with Gasteiger partial charge in [0.05, 0.1) is 16.1 Å². The van der Waals surface area contributed by atoms with Gasteiger partial charge < -0.3 is 15.0 Å². The Kier molecular flexibility index (Phi) is 4.22. The van der Waals surface area contributed by atoms with Gasteiger partial charge in [-0.25, -0.2) is 14.8 Å². The minimum atomic E-state index is -0.550. The van der Waals surface area contributed by atoms with Gasteiger partial charge in [0.2, 0.25) is 0 Å². The van der Waals surface area contributed by atoms with Crippen molar-refractivity contribution < 1.29 is 9.53 Å². The number of nitrogens with zero attached hydrogens (tertiary/aromatic N) is 4. The molecule has 0 spiro atoms. The Morgan fingerprint density at radius 2 is 2.00 bits per heavy atom. The van der Waals surface area contributed by atoms with E-state index in [-0.39, 0.29) is 6.09 Å². The van der Waals surface area contributed by atoms with Crippen LogP contribution >= 0.6 is 11.6 Å². The molecule has 5 rings (SSSR count). The van der Waals surface area contributed by atoms with Crippen molar-refractivity contribution in [3.05, 3.63) is 35.2 Å². The number of halogens is 1. The number of hydrogen-bond donors (Lipinski definition) is 1. The van der Waals surface area contributed by atoms with Gasteiger partial charge in [-0.05, 0) is 51.7 Å². The second-order valence-electron chi connectivity index (χ2n) is 8.95. The molecule has 3 aromatic rings. The van der Waals surface area contributed by atoms with Crippen molar-refractivity contribution in [2.45, 2.75) is 51.7 Å². The normalized spacial score (nSPS) is 16.2. The molecular formula is C22H24ClN5O2. The van der Waals surface area contributed by atoms with Crippen LogP contribution < -0.4 is 10.6 Å². The molecule has 0 bridgehead atoms. The smallest absolute Gasteiger partial charge is 0.414 e. The van der Waals surface area contributed by atoms with E-state index in [0.717, 1.165) is 46.3 Å². The van der Waals surface area contributed by atoms with Gasteiger partial charge >= 0.3 is 6.09 Å². The third-order valence-electron chi connectivity index (χ3n) is 5.58. The van der Waals surface area contributed by atoms with E-state index in [1.807, 2.05) is 32.9 Å². The van der Waals surface area contributed by atoms with Crippen LogP contribution in [0.1, 0.15) is 45.2 Å². The molecule has 1 aliphatic heterocycles. The number of anilines is 2. The van der Waals surface area contributed by atoms with E-state index in [0.29, 0.717) is 29.8 Å². The third kappa shape index (κ3) is 3.08. The zero-order valence-electron chi connectivity index (χ0n) is 17.3. The van der Waals surface area contributed by atoms with Crippen LogP contribution in [0.2, 0.25) is 5.02 Å². The Labute approximate surface area is 179 Å². The molecule has 0 radical (unpaired) electrons. The van der Waals surface area contributed by atoms with Crippen LogP contribution in [-0.4, -0.2) is 32.8 Å². The molecule has 1 aliphatic carbocycles. The summed E-state index contributed by atoms with van der Waals surface area (Å²) < 4.78 is 7.73. The number of amides is 1. The summed E-state index contributed by atoms with van der Waals surface area (Å²) >= 11 is 6.88.